The molecule has 0 unspecified atom stereocenters. The van der Waals surface area contributed by atoms with E-state index in [0.29, 0.717) is 56.1 Å². The molecule has 0 spiro atoms. The van der Waals surface area contributed by atoms with Crippen LogP contribution in [0.1, 0.15) is 50.8 Å². The van der Waals surface area contributed by atoms with Crippen molar-refractivity contribution < 1.29 is 21.9 Å². The molecule has 6 rings (SSSR count). The van der Waals surface area contributed by atoms with Crippen molar-refractivity contribution in [1.29, 1.82) is 0 Å². The van der Waals surface area contributed by atoms with Crippen LogP contribution in [0.15, 0.2) is 24.3 Å². The summed E-state index contributed by atoms with van der Waals surface area (Å²) in [4.78, 5) is 19.8. The van der Waals surface area contributed by atoms with Gasteiger partial charge in [-0.05, 0) is 50.7 Å². The van der Waals surface area contributed by atoms with Gasteiger partial charge in [0.1, 0.15) is 0 Å². The zero-order chi connectivity index (χ0) is 26.3. The van der Waals surface area contributed by atoms with Gasteiger partial charge in [0.25, 0.3) is 6.43 Å². The fraction of sp³-hybridized carbons (Fsp3) is 0.583. The molecule has 0 atom stereocenters. The van der Waals surface area contributed by atoms with Crippen molar-refractivity contribution in [3.63, 3.8) is 0 Å². The Kier molecular flexibility index (Phi) is 6.86. The van der Waals surface area contributed by atoms with Crippen molar-refractivity contribution >= 4 is 33.0 Å². The molecule has 204 valence electrons. The third kappa shape index (κ3) is 5.29. The Bertz CT molecular complexity index is 1400. The number of anilines is 2. The number of fused-ring (bicyclic) bond motifs is 1. The van der Waals surface area contributed by atoms with Gasteiger partial charge in [0.15, 0.2) is 5.82 Å². The summed E-state index contributed by atoms with van der Waals surface area (Å²) in [5.74, 6) is 0.305. The Labute approximate surface area is 219 Å². The molecule has 1 aliphatic heterocycles. The molecular weight excluding hydrogens is 518 g/mol. The van der Waals surface area contributed by atoms with Crippen molar-refractivity contribution in [3.05, 3.63) is 30.1 Å². The van der Waals surface area contributed by atoms with Gasteiger partial charge in [0.2, 0.25) is 27.9 Å². The van der Waals surface area contributed by atoms with Crippen LogP contribution in [0.5, 0.6) is 0 Å². The van der Waals surface area contributed by atoms with Crippen molar-refractivity contribution in [2.75, 3.05) is 36.5 Å². The van der Waals surface area contributed by atoms with Gasteiger partial charge in [-0.2, -0.15) is 15.0 Å². The monoisotopic (exact) mass is 548 g/mol. The first-order valence-electron chi connectivity index (χ1n) is 13.0. The van der Waals surface area contributed by atoms with Crippen LogP contribution in [-0.4, -0.2) is 76.6 Å². The molecule has 3 aromatic rings. The van der Waals surface area contributed by atoms with E-state index in [4.69, 9.17) is 4.74 Å². The molecule has 1 saturated heterocycles. The highest BCUT2D eigenvalue weighted by atomic mass is 32.2. The summed E-state index contributed by atoms with van der Waals surface area (Å²) in [7, 11) is -3.23. The number of sulfonamides is 1. The maximum atomic E-state index is 14.0. The zero-order valence-electron chi connectivity index (χ0n) is 20.8. The lowest BCUT2D eigenvalue weighted by atomic mass is 9.92. The van der Waals surface area contributed by atoms with Gasteiger partial charge < -0.3 is 15.0 Å². The molecule has 3 aliphatic rings. The summed E-state index contributed by atoms with van der Waals surface area (Å²) in [6, 6.07) is 6.83. The molecule has 2 aliphatic carbocycles. The van der Waals surface area contributed by atoms with Crippen LogP contribution < -0.4 is 14.9 Å². The Balaban J connectivity index is 1.28. The summed E-state index contributed by atoms with van der Waals surface area (Å²) in [5.41, 5.74) is 0.911. The van der Waals surface area contributed by atoms with Crippen LogP contribution in [-0.2, 0) is 14.8 Å². The van der Waals surface area contributed by atoms with Crippen LogP contribution in [0, 0.1) is 0 Å². The summed E-state index contributed by atoms with van der Waals surface area (Å²) in [6.07, 6.45) is 1.48. The number of aromatic nitrogens is 5. The van der Waals surface area contributed by atoms with Crippen molar-refractivity contribution in [2.45, 2.75) is 62.3 Å². The standard InChI is InChI=1S/C24H30F2N8O3S/c25-20(26)21-28-18-3-1-2-4-19(18)34(21)24-30-22(29-23(31-24)33-11-13-37-14-12-33)27-15-5-7-16(8-6-15)32-38(35,36)17-9-10-17/h1-4,15-17,20,32H,5-14H2,(H,27,29,30,31). The van der Waals surface area contributed by atoms with E-state index in [0.717, 1.165) is 25.7 Å². The highest BCUT2D eigenvalue weighted by Crippen LogP contribution is 2.31. The zero-order valence-corrected chi connectivity index (χ0v) is 21.6. The number of imidazole rings is 1. The molecule has 0 amide bonds. The first-order valence-corrected chi connectivity index (χ1v) is 14.5. The SMILES string of the molecule is O=S(=O)(NC1CCC(Nc2nc(N3CCOCC3)nc(-n3c(C(F)F)nc4ccccc43)n2)CC1)C1CC1. The van der Waals surface area contributed by atoms with E-state index >= 15 is 0 Å². The molecule has 11 nitrogen and oxygen atoms in total. The normalized spacial score (nSPS) is 22.8. The minimum absolute atomic E-state index is 0.0126. The average Bonchev–Trinajstić information content (AvgIpc) is 3.71. The predicted molar refractivity (Wildman–Crippen MR) is 137 cm³/mol. The summed E-state index contributed by atoms with van der Waals surface area (Å²) in [6.45, 7) is 2.17. The minimum atomic E-state index is -3.23. The van der Waals surface area contributed by atoms with Gasteiger partial charge in [-0.25, -0.2) is 26.9 Å². The predicted octanol–water partition coefficient (Wildman–Crippen LogP) is 2.79. The molecule has 2 saturated carbocycles. The molecule has 2 aromatic heterocycles. The molecule has 3 fully saturated rings. The third-order valence-electron chi connectivity index (χ3n) is 7.24. The first kappa shape index (κ1) is 25.3. The second kappa shape index (κ2) is 10.3. The Morgan fingerprint density at radius 2 is 1.58 bits per heavy atom. The number of para-hydroxylation sites is 2. The molecule has 2 N–H and O–H groups in total. The van der Waals surface area contributed by atoms with Crippen molar-refractivity contribution in [2.24, 2.45) is 0 Å². The second-order valence-corrected chi connectivity index (χ2v) is 12.0. The number of nitrogens with zero attached hydrogens (tertiary/aromatic N) is 6. The number of benzene rings is 1. The maximum absolute atomic E-state index is 14.0. The molecule has 1 aromatic carbocycles. The number of ether oxygens (including phenoxy) is 1. The molecule has 38 heavy (non-hydrogen) atoms. The smallest absolute Gasteiger partial charge is 0.296 e. The molecule has 3 heterocycles. The van der Waals surface area contributed by atoms with E-state index in [1.807, 2.05) is 4.90 Å². The average molecular weight is 549 g/mol. The van der Waals surface area contributed by atoms with Crippen LogP contribution in [0.4, 0.5) is 20.7 Å². The number of alkyl halides is 2. The number of morpholine rings is 1. The lowest BCUT2D eigenvalue weighted by molar-refractivity contribution is 0.122. The van der Waals surface area contributed by atoms with Crippen LogP contribution in [0.3, 0.4) is 0 Å². The maximum Gasteiger partial charge on any atom is 0.296 e. The summed E-state index contributed by atoms with van der Waals surface area (Å²) >= 11 is 0. The van der Waals surface area contributed by atoms with Gasteiger partial charge in [-0.1, -0.05) is 12.1 Å². The first-order chi connectivity index (χ1) is 18.4. The Morgan fingerprint density at radius 3 is 2.29 bits per heavy atom. The minimum Gasteiger partial charge on any atom is -0.378 e. The highest BCUT2D eigenvalue weighted by Gasteiger charge is 2.37. The van der Waals surface area contributed by atoms with E-state index in [9.17, 15) is 17.2 Å². The van der Waals surface area contributed by atoms with Gasteiger partial charge in [0, 0.05) is 25.2 Å². The number of halogens is 2. The molecule has 0 radical (unpaired) electrons. The van der Waals surface area contributed by atoms with E-state index in [-0.39, 0.29) is 29.2 Å². The van der Waals surface area contributed by atoms with E-state index < -0.39 is 22.3 Å². The van der Waals surface area contributed by atoms with Gasteiger partial charge in [-0.3, -0.25) is 4.57 Å². The van der Waals surface area contributed by atoms with E-state index in [2.05, 4.69) is 30.0 Å². The van der Waals surface area contributed by atoms with E-state index in [1.165, 1.54) is 4.57 Å². The van der Waals surface area contributed by atoms with Gasteiger partial charge in [0.05, 0.1) is 29.5 Å². The third-order valence-corrected chi connectivity index (χ3v) is 9.25. The largest absolute Gasteiger partial charge is 0.378 e. The Morgan fingerprint density at radius 1 is 0.895 bits per heavy atom. The Hall–Kier alpha value is -2.97. The number of nitrogens with one attached hydrogen (secondary N) is 2. The fourth-order valence-corrected chi connectivity index (χ4v) is 6.72. The van der Waals surface area contributed by atoms with Crippen LogP contribution in [0.2, 0.25) is 0 Å². The van der Waals surface area contributed by atoms with E-state index in [1.54, 1.807) is 24.3 Å². The number of hydrogen-bond acceptors (Lipinski definition) is 9. The second-order valence-electron chi connectivity index (χ2n) is 10.0. The lowest BCUT2D eigenvalue weighted by Gasteiger charge is -2.30. The molecular formula is C24H30F2N8O3S. The summed E-state index contributed by atoms with van der Waals surface area (Å²) in [5, 5.41) is 3.12. The lowest BCUT2D eigenvalue weighted by Crippen LogP contribution is -2.41. The molecule has 0 bridgehead atoms. The van der Waals surface area contributed by atoms with Gasteiger partial charge >= 0.3 is 0 Å². The quantitative estimate of drug-likeness (QED) is 0.437. The van der Waals surface area contributed by atoms with Crippen LogP contribution in [0.25, 0.3) is 17.0 Å². The van der Waals surface area contributed by atoms with Crippen molar-refractivity contribution in [3.8, 4) is 5.95 Å². The number of rotatable bonds is 8. The number of hydrogen-bond donors (Lipinski definition) is 2. The van der Waals surface area contributed by atoms with Gasteiger partial charge in [-0.15, -0.1) is 0 Å². The van der Waals surface area contributed by atoms with Crippen molar-refractivity contribution in [1.82, 2.24) is 29.2 Å². The van der Waals surface area contributed by atoms with Crippen LogP contribution >= 0.6 is 0 Å². The summed E-state index contributed by atoms with van der Waals surface area (Å²) < 4.78 is 62.3. The molecule has 14 heteroatoms. The fourth-order valence-electron chi connectivity index (χ4n) is 5.07. The highest BCUT2D eigenvalue weighted by molar-refractivity contribution is 7.90. The topological polar surface area (TPSA) is 127 Å².